The topological polar surface area (TPSA) is 78.5 Å². The number of carbonyl (C=O) groups is 3. The SMILES string of the molecule is CC(C)(C)N1C(=O)c2ccc(NC(=O)NCCc3ccc(F)cc3)cc2C1=O. The molecule has 0 unspecified atom stereocenters. The molecule has 1 heterocycles. The Morgan fingerprint density at radius 3 is 2.29 bits per heavy atom. The highest BCUT2D eigenvalue weighted by atomic mass is 19.1. The van der Waals surface area contributed by atoms with E-state index < -0.39 is 11.6 Å². The first kappa shape index (κ1) is 19.5. The summed E-state index contributed by atoms with van der Waals surface area (Å²) in [5.74, 6) is -1.00. The molecule has 7 heteroatoms. The van der Waals surface area contributed by atoms with Crippen LogP contribution in [-0.2, 0) is 6.42 Å². The summed E-state index contributed by atoms with van der Waals surface area (Å²) in [5.41, 5.74) is 1.32. The second-order valence-corrected chi connectivity index (χ2v) is 7.63. The zero-order chi connectivity index (χ0) is 20.5. The van der Waals surface area contributed by atoms with Crippen LogP contribution < -0.4 is 10.6 Å². The third kappa shape index (κ3) is 4.03. The van der Waals surface area contributed by atoms with Crippen LogP contribution in [-0.4, -0.2) is 34.8 Å². The molecule has 0 spiro atoms. The van der Waals surface area contributed by atoms with Crippen molar-refractivity contribution >= 4 is 23.5 Å². The standard InChI is InChI=1S/C21H22FN3O3/c1-21(2,3)25-18(26)16-9-8-15(12-17(16)19(25)27)24-20(28)23-11-10-13-4-6-14(22)7-5-13/h4-9,12H,10-11H2,1-3H3,(H2,23,24,28). The highest BCUT2D eigenvalue weighted by Crippen LogP contribution is 2.30. The van der Waals surface area contributed by atoms with Crippen molar-refractivity contribution in [1.29, 1.82) is 0 Å². The van der Waals surface area contributed by atoms with Crippen LogP contribution in [0.2, 0.25) is 0 Å². The Labute approximate surface area is 162 Å². The fraction of sp³-hybridized carbons (Fsp3) is 0.286. The first-order valence-electron chi connectivity index (χ1n) is 8.99. The largest absolute Gasteiger partial charge is 0.338 e. The summed E-state index contributed by atoms with van der Waals surface area (Å²) < 4.78 is 12.9. The number of hydrogen-bond donors (Lipinski definition) is 2. The lowest BCUT2D eigenvalue weighted by atomic mass is 10.1. The minimum Gasteiger partial charge on any atom is -0.338 e. The lowest BCUT2D eigenvalue weighted by molar-refractivity contribution is 0.0507. The van der Waals surface area contributed by atoms with Crippen LogP contribution in [0.15, 0.2) is 42.5 Å². The second-order valence-electron chi connectivity index (χ2n) is 7.63. The molecule has 2 aromatic rings. The molecular weight excluding hydrogens is 361 g/mol. The van der Waals surface area contributed by atoms with Crippen molar-refractivity contribution in [3.05, 3.63) is 65.0 Å². The number of nitrogens with zero attached hydrogens (tertiary/aromatic N) is 1. The van der Waals surface area contributed by atoms with Gasteiger partial charge in [-0.1, -0.05) is 12.1 Å². The molecule has 4 amide bonds. The van der Waals surface area contributed by atoms with Gasteiger partial charge in [0.25, 0.3) is 11.8 Å². The Morgan fingerprint density at radius 1 is 1.00 bits per heavy atom. The Morgan fingerprint density at radius 2 is 1.64 bits per heavy atom. The van der Waals surface area contributed by atoms with Crippen molar-refractivity contribution in [2.45, 2.75) is 32.7 Å². The molecule has 2 N–H and O–H groups in total. The number of anilines is 1. The van der Waals surface area contributed by atoms with Gasteiger partial charge in [0, 0.05) is 17.8 Å². The van der Waals surface area contributed by atoms with Gasteiger partial charge in [0.2, 0.25) is 0 Å². The third-order valence-corrected chi connectivity index (χ3v) is 4.43. The molecule has 0 bridgehead atoms. The molecule has 3 rings (SSSR count). The van der Waals surface area contributed by atoms with Gasteiger partial charge in [0.05, 0.1) is 11.1 Å². The van der Waals surface area contributed by atoms with Gasteiger partial charge in [-0.25, -0.2) is 9.18 Å². The van der Waals surface area contributed by atoms with Gasteiger partial charge in [-0.05, 0) is 63.1 Å². The van der Waals surface area contributed by atoms with Crippen molar-refractivity contribution in [3.63, 3.8) is 0 Å². The fourth-order valence-corrected chi connectivity index (χ4v) is 3.07. The number of rotatable bonds is 4. The van der Waals surface area contributed by atoms with Crippen LogP contribution in [0.3, 0.4) is 0 Å². The Bertz CT molecular complexity index is 933. The summed E-state index contributed by atoms with van der Waals surface area (Å²) in [6.07, 6.45) is 0.561. The number of halogens is 1. The number of fused-ring (bicyclic) bond motifs is 1. The molecule has 0 fully saturated rings. The normalized spacial score (nSPS) is 13.5. The van der Waals surface area contributed by atoms with E-state index in [-0.39, 0.29) is 23.2 Å². The van der Waals surface area contributed by atoms with Crippen LogP contribution in [0, 0.1) is 5.82 Å². The van der Waals surface area contributed by atoms with Gasteiger partial charge in [0.1, 0.15) is 5.82 Å². The quantitative estimate of drug-likeness (QED) is 0.792. The molecule has 28 heavy (non-hydrogen) atoms. The first-order chi connectivity index (χ1) is 13.2. The summed E-state index contributed by atoms with van der Waals surface area (Å²) in [5, 5.41) is 5.37. The molecule has 0 saturated heterocycles. The van der Waals surface area contributed by atoms with Crippen LogP contribution >= 0.6 is 0 Å². The summed E-state index contributed by atoms with van der Waals surface area (Å²) in [6.45, 7) is 5.75. The molecule has 0 atom stereocenters. The molecule has 146 valence electrons. The number of carbonyl (C=O) groups excluding carboxylic acids is 3. The first-order valence-corrected chi connectivity index (χ1v) is 8.99. The Hall–Kier alpha value is -3.22. The highest BCUT2D eigenvalue weighted by molar-refractivity contribution is 6.22. The number of benzene rings is 2. The maximum atomic E-state index is 12.9. The lowest BCUT2D eigenvalue weighted by Gasteiger charge is -2.29. The summed E-state index contributed by atoms with van der Waals surface area (Å²) >= 11 is 0. The average Bonchev–Trinajstić information content (AvgIpc) is 2.87. The van der Waals surface area contributed by atoms with Crippen molar-refractivity contribution in [2.75, 3.05) is 11.9 Å². The zero-order valence-corrected chi connectivity index (χ0v) is 16.0. The average molecular weight is 383 g/mol. The predicted octanol–water partition coefficient (Wildman–Crippen LogP) is 3.58. The highest BCUT2D eigenvalue weighted by Gasteiger charge is 2.41. The van der Waals surface area contributed by atoms with E-state index in [1.165, 1.54) is 23.1 Å². The van der Waals surface area contributed by atoms with E-state index in [0.29, 0.717) is 24.2 Å². The minimum atomic E-state index is -0.626. The summed E-state index contributed by atoms with van der Waals surface area (Å²) in [7, 11) is 0. The van der Waals surface area contributed by atoms with Gasteiger partial charge >= 0.3 is 6.03 Å². The van der Waals surface area contributed by atoms with E-state index in [0.717, 1.165) is 5.56 Å². The minimum absolute atomic E-state index is 0.282. The van der Waals surface area contributed by atoms with Crippen LogP contribution in [0.5, 0.6) is 0 Å². The van der Waals surface area contributed by atoms with Crippen molar-refractivity contribution < 1.29 is 18.8 Å². The number of amides is 4. The molecule has 0 aliphatic carbocycles. The van der Waals surface area contributed by atoms with E-state index in [4.69, 9.17) is 0 Å². The monoisotopic (exact) mass is 383 g/mol. The maximum absolute atomic E-state index is 12.9. The van der Waals surface area contributed by atoms with Crippen LogP contribution in [0.1, 0.15) is 47.1 Å². The van der Waals surface area contributed by atoms with Gasteiger partial charge in [-0.15, -0.1) is 0 Å². The van der Waals surface area contributed by atoms with Crippen molar-refractivity contribution in [1.82, 2.24) is 10.2 Å². The predicted molar refractivity (Wildman–Crippen MR) is 104 cm³/mol. The number of urea groups is 1. The number of nitrogens with one attached hydrogen (secondary N) is 2. The smallest absolute Gasteiger partial charge is 0.319 e. The molecule has 0 saturated carbocycles. The van der Waals surface area contributed by atoms with E-state index in [2.05, 4.69) is 10.6 Å². The molecule has 1 aliphatic heterocycles. The van der Waals surface area contributed by atoms with Crippen LogP contribution in [0.4, 0.5) is 14.9 Å². The van der Waals surface area contributed by atoms with Crippen LogP contribution in [0.25, 0.3) is 0 Å². The van der Waals surface area contributed by atoms with Crippen molar-refractivity contribution in [3.8, 4) is 0 Å². The van der Waals surface area contributed by atoms with Gasteiger partial charge in [-0.3, -0.25) is 14.5 Å². The molecule has 0 radical (unpaired) electrons. The second kappa shape index (κ2) is 7.42. The Balaban J connectivity index is 1.61. The molecular formula is C21H22FN3O3. The summed E-state index contributed by atoms with van der Waals surface area (Å²) in [6, 6.07) is 10.3. The van der Waals surface area contributed by atoms with Gasteiger partial charge < -0.3 is 10.6 Å². The Kier molecular flexibility index (Phi) is 5.18. The van der Waals surface area contributed by atoms with Gasteiger partial charge in [0.15, 0.2) is 0 Å². The molecule has 1 aliphatic rings. The molecule has 6 nitrogen and oxygen atoms in total. The fourth-order valence-electron chi connectivity index (χ4n) is 3.07. The van der Waals surface area contributed by atoms with E-state index in [1.807, 2.05) is 0 Å². The maximum Gasteiger partial charge on any atom is 0.319 e. The summed E-state index contributed by atoms with van der Waals surface area (Å²) in [4.78, 5) is 38.4. The van der Waals surface area contributed by atoms with Crippen molar-refractivity contribution in [2.24, 2.45) is 0 Å². The van der Waals surface area contributed by atoms with E-state index in [1.54, 1.807) is 45.0 Å². The van der Waals surface area contributed by atoms with Gasteiger partial charge in [-0.2, -0.15) is 0 Å². The molecule has 2 aromatic carbocycles. The third-order valence-electron chi connectivity index (χ3n) is 4.43. The lowest BCUT2D eigenvalue weighted by Crippen LogP contribution is -2.45. The molecule has 0 aromatic heterocycles. The number of imide groups is 1. The zero-order valence-electron chi connectivity index (χ0n) is 16.0. The van der Waals surface area contributed by atoms with E-state index >= 15 is 0 Å². The van der Waals surface area contributed by atoms with E-state index in [9.17, 15) is 18.8 Å². The number of hydrogen-bond acceptors (Lipinski definition) is 3.